The molecule has 1 aromatic carbocycles. The Morgan fingerprint density at radius 1 is 1.29 bits per heavy atom. The van der Waals surface area contributed by atoms with Crippen molar-refractivity contribution in [3.63, 3.8) is 0 Å². The van der Waals surface area contributed by atoms with Crippen molar-refractivity contribution in [2.45, 2.75) is 32.4 Å². The van der Waals surface area contributed by atoms with Crippen molar-refractivity contribution in [1.82, 2.24) is 15.1 Å². The molecule has 1 N–H and O–H groups in total. The van der Waals surface area contributed by atoms with E-state index in [4.69, 9.17) is 11.6 Å². The Morgan fingerprint density at radius 3 is 2.83 bits per heavy atom. The molecule has 1 aromatic heterocycles. The number of benzene rings is 1. The molecule has 0 bridgehead atoms. The van der Waals surface area contributed by atoms with Gasteiger partial charge in [-0.15, -0.1) is 0 Å². The Labute approximate surface area is 147 Å². The molecule has 1 atom stereocenters. The Balaban J connectivity index is 1.75. The van der Waals surface area contributed by atoms with Crippen LogP contribution < -0.4 is 10.5 Å². The molecule has 0 radical (unpaired) electrons. The summed E-state index contributed by atoms with van der Waals surface area (Å²) in [5.41, 5.74) is 1.75. The van der Waals surface area contributed by atoms with Gasteiger partial charge in [0.1, 0.15) is 5.02 Å². The highest BCUT2D eigenvalue weighted by Gasteiger charge is 2.28. The molecule has 3 rings (SSSR count). The SMILES string of the molecule is CCCC1CN(c2cn[nH]c(=O)c2Cl)CCN1Cc1ccccc1. The second-order valence-electron chi connectivity index (χ2n) is 6.24. The molecule has 0 aliphatic carbocycles. The van der Waals surface area contributed by atoms with Gasteiger partial charge in [0.05, 0.1) is 11.9 Å². The molecule has 1 aliphatic heterocycles. The van der Waals surface area contributed by atoms with E-state index in [-0.39, 0.29) is 10.6 Å². The van der Waals surface area contributed by atoms with Gasteiger partial charge < -0.3 is 4.90 Å². The number of hydrogen-bond acceptors (Lipinski definition) is 4. The lowest BCUT2D eigenvalue weighted by Gasteiger charge is -2.42. The van der Waals surface area contributed by atoms with E-state index in [1.54, 1.807) is 6.20 Å². The van der Waals surface area contributed by atoms with Crippen LogP contribution >= 0.6 is 11.6 Å². The molecule has 6 heteroatoms. The molecule has 2 heterocycles. The molecule has 1 aliphatic rings. The summed E-state index contributed by atoms with van der Waals surface area (Å²) in [6, 6.07) is 11.0. The zero-order chi connectivity index (χ0) is 16.9. The smallest absolute Gasteiger partial charge is 0.285 e. The quantitative estimate of drug-likeness (QED) is 0.904. The highest BCUT2D eigenvalue weighted by atomic mass is 35.5. The molecular weight excluding hydrogens is 324 g/mol. The van der Waals surface area contributed by atoms with Crippen LogP contribution in [0.4, 0.5) is 5.69 Å². The number of rotatable bonds is 5. The van der Waals surface area contributed by atoms with E-state index >= 15 is 0 Å². The van der Waals surface area contributed by atoms with E-state index in [1.165, 1.54) is 5.56 Å². The number of nitrogens with zero attached hydrogens (tertiary/aromatic N) is 3. The molecule has 128 valence electrons. The maximum atomic E-state index is 11.7. The molecule has 0 spiro atoms. The number of piperazine rings is 1. The fourth-order valence-corrected chi connectivity index (χ4v) is 3.55. The Bertz CT molecular complexity index is 718. The van der Waals surface area contributed by atoms with Crippen LogP contribution in [0.5, 0.6) is 0 Å². The standard InChI is InChI=1S/C18H23ClN4O/c1-2-6-15-13-23(16-11-20-21-18(24)17(16)19)10-9-22(15)12-14-7-4-3-5-8-14/h3-5,7-8,11,15H,2,6,9-10,12-13H2,1H3,(H,21,24). The first-order chi connectivity index (χ1) is 11.7. The van der Waals surface area contributed by atoms with Crippen LogP contribution in [-0.4, -0.2) is 40.8 Å². The molecule has 2 aromatic rings. The summed E-state index contributed by atoms with van der Waals surface area (Å²) in [4.78, 5) is 16.4. The summed E-state index contributed by atoms with van der Waals surface area (Å²) in [5, 5.41) is 6.52. The average molecular weight is 347 g/mol. The third-order valence-electron chi connectivity index (χ3n) is 4.57. The average Bonchev–Trinajstić information content (AvgIpc) is 2.60. The fraction of sp³-hybridized carbons (Fsp3) is 0.444. The van der Waals surface area contributed by atoms with E-state index in [1.807, 2.05) is 6.07 Å². The van der Waals surface area contributed by atoms with Crippen LogP contribution in [0.2, 0.25) is 5.02 Å². The van der Waals surface area contributed by atoms with Crippen LogP contribution in [0.25, 0.3) is 0 Å². The molecule has 1 fully saturated rings. The number of halogens is 1. The first kappa shape index (κ1) is 17.0. The fourth-order valence-electron chi connectivity index (χ4n) is 3.34. The van der Waals surface area contributed by atoms with Gasteiger partial charge in [-0.2, -0.15) is 5.10 Å². The number of H-pyrrole nitrogens is 1. The summed E-state index contributed by atoms with van der Waals surface area (Å²) in [6.45, 7) is 5.83. The van der Waals surface area contributed by atoms with Crippen molar-refractivity contribution in [2.24, 2.45) is 0 Å². The number of anilines is 1. The molecule has 24 heavy (non-hydrogen) atoms. The van der Waals surface area contributed by atoms with Gasteiger partial charge in [-0.05, 0) is 12.0 Å². The third-order valence-corrected chi connectivity index (χ3v) is 4.94. The zero-order valence-electron chi connectivity index (χ0n) is 13.9. The third kappa shape index (κ3) is 3.79. The maximum Gasteiger partial charge on any atom is 0.285 e. The summed E-state index contributed by atoms with van der Waals surface area (Å²) >= 11 is 6.18. The zero-order valence-corrected chi connectivity index (χ0v) is 14.7. The van der Waals surface area contributed by atoms with E-state index in [0.29, 0.717) is 6.04 Å². The van der Waals surface area contributed by atoms with Crippen LogP contribution in [0.15, 0.2) is 41.3 Å². The Morgan fingerprint density at radius 2 is 2.08 bits per heavy atom. The topological polar surface area (TPSA) is 52.2 Å². The summed E-state index contributed by atoms with van der Waals surface area (Å²) in [5.74, 6) is 0. The molecule has 1 unspecified atom stereocenters. The minimum absolute atomic E-state index is 0.233. The summed E-state index contributed by atoms with van der Waals surface area (Å²) in [7, 11) is 0. The minimum Gasteiger partial charge on any atom is -0.366 e. The monoisotopic (exact) mass is 346 g/mol. The highest BCUT2D eigenvalue weighted by Crippen LogP contribution is 2.25. The first-order valence-electron chi connectivity index (χ1n) is 8.45. The molecule has 0 saturated carbocycles. The molecule has 5 nitrogen and oxygen atoms in total. The number of nitrogens with one attached hydrogen (secondary N) is 1. The molecule has 0 amide bonds. The number of hydrogen-bond donors (Lipinski definition) is 1. The molecule has 1 saturated heterocycles. The van der Waals surface area contributed by atoms with Gasteiger partial charge in [-0.25, -0.2) is 5.10 Å². The van der Waals surface area contributed by atoms with E-state index in [9.17, 15) is 4.79 Å². The second kappa shape index (κ2) is 7.81. The maximum absolute atomic E-state index is 11.7. The lowest BCUT2D eigenvalue weighted by Crippen LogP contribution is -2.53. The van der Waals surface area contributed by atoms with E-state index < -0.39 is 0 Å². The number of aromatic nitrogens is 2. The van der Waals surface area contributed by atoms with Gasteiger partial charge in [0.2, 0.25) is 0 Å². The van der Waals surface area contributed by atoms with Gasteiger partial charge >= 0.3 is 0 Å². The van der Waals surface area contributed by atoms with E-state index in [2.05, 4.69) is 51.2 Å². The van der Waals surface area contributed by atoms with Gasteiger partial charge in [0.15, 0.2) is 0 Å². The summed E-state index contributed by atoms with van der Waals surface area (Å²) < 4.78 is 0. The first-order valence-corrected chi connectivity index (χ1v) is 8.83. The summed E-state index contributed by atoms with van der Waals surface area (Å²) in [6.07, 6.45) is 3.91. The van der Waals surface area contributed by atoms with Crippen LogP contribution in [0, 0.1) is 0 Å². The lowest BCUT2D eigenvalue weighted by atomic mass is 10.0. The predicted octanol–water partition coefficient (Wildman–Crippen LogP) is 2.91. The van der Waals surface area contributed by atoms with Gasteiger partial charge in [0.25, 0.3) is 5.56 Å². The van der Waals surface area contributed by atoms with Crippen LogP contribution in [0.3, 0.4) is 0 Å². The van der Waals surface area contributed by atoms with Gasteiger partial charge in [-0.3, -0.25) is 9.69 Å². The van der Waals surface area contributed by atoms with E-state index in [0.717, 1.165) is 44.7 Å². The second-order valence-corrected chi connectivity index (χ2v) is 6.62. The van der Waals surface area contributed by atoms with Crippen molar-refractivity contribution < 1.29 is 0 Å². The number of aromatic amines is 1. The van der Waals surface area contributed by atoms with Crippen molar-refractivity contribution in [3.8, 4) is 0 Å². The van der Waals surface area contributed by atoms with Gasteiger partial charge in [0, 0.05) is 32.2 Å². The Kier molecular flexibility index (Phi) is 5.53. The van der Waals surface area contributed by atoms with Crippen molar-refractivity contribution >= 4 is 17.3 Å². The van der Waals surface area contributed by atoms with Gasteiger partial charge in [-0.1, -0.05) is 55.3 Å². The van der Waals surface area contributed by atoms with Crippen molar-refractivity contribution in [2.75, 3.05) is 24.5 Å². The van der Waals surface area contributed by atoms with Crippen molar-refractivity contribution in [1.29, 1.82) is 0 Å². The van der Waals surface area contributed by atoms with Crippen LogP contribution in [0.1, 0.15) is 25.3 Å². The van der Waals surface area contributed by atoms with Crippen LogP contribution in [-0.2, 0) is 6.54 Å². The predicted molar refractivity (Wildman–Crippen MR) is 97.6 cm³/mol. The highest BCUT2D eigenvalue weighted by molar-refractivity contribution is 6.33. The largest absolute Gasteiger partial charge is 0.366 e. The van der Waals surface area contributed by atoms with Crippen molar-refractivity contribution in [3.05, 3.63) is 57.5 Å². The minimum atomic E-state index is -0.326. The Hall–Kier alpha value is -1.85. The molecular formula is C18H23ClN4O. The lowest BCUT2D eigenvalue weighted by molar-refractivity contribution is 0.159. The normalized spacial score (nSPS) is 18.8.